The van der Waals surface area contributed by atoms with Gasteiger partial charge in [0.1, 0.15) is 11.5 Å². The van der Waals surface area contributed by atoms with Crippen LogP contribution in [0, 0.1) is 15.9 Å². The molecule has 0 saturated heterocycles. The molecule has 0 saturated carbocycles. The van der Waals surface area contributed by atoms with Gasteiger partial charge in [0, 0.05) is 19.2 Å². The molecule has 0 aromatic heterocycles. The summed E-state index contributed by atoms with van der Waals surface area (Å²) in [6.07, 6.45) is 0.556. The molecule has 1 aliphatic heterocycles. The fraction of sp³-hybridized carbons (Fsp3) is 0.235. The molecule has 0 amide bonds. The lowest BCUT2D eigenvalue weighted by Gasteiger charge is -2.30. The molecule has 0 aliphatic carbocycles. The van der Waals surface area contributed by atoms with Crippen molar-refractivity contribution in [3.05, 3.63) is 68.0 Å². The van der Waals surface area contributed by atoms with Crippen LogP contribution >= 0.6 is 11.6 Å². The molecule has 0 bridgehead atoms. The summed E-state index contributed by atoms with van der Waals surface area (Å²) in [4.78, 5) is 24.4. The van der Waals surface area contributed by atoms with Crippen LogP contribution in [-0.2, 0) is 17.7 Å². The number of carbonyl (C=O) groups excluding carboxylic acids is 1. The molecule has 130 valence electrons. The van der Waals surface area contributed by atoms with Crippen LogP contribution < -0.4 is 4.90 Å². The number of benzene rings is 2. The molecule has 0 unspecified atom stereocenters. The topological polar surface area (TPSA) is 72.7 Å². The minimum Gasteiger partial charge on any atom is -0.465 e. The second-order valence-corrected chi connectivity index (χ2v) is 6.06. The first-order chi connectivity index (χ1) is 11.9. The van der Waals surface area contributed by atoms with Gasteiger partial charge in [-0.2, -0.15) is 0 Å². The van der Waals surface area contributed by atoms with Gasteiger partial charge in [0.25, 0.3) is 5.69 Å². The van der Waals surface area contributed by atoms with E-state index in [1.165, 1.54) is 25.3 Å². The first kappa shape index (κ1) is 17.2. The van der Waals surface area contributed by atoms with E-state index in [1.54, 1.807) is 11.0 Å². The van der Waals surface area contributed by atoms with E-state index in [-0.39, 0.29) is 22.1 Å². The molecule has 0 atom stereocenters. The minimum absolute atomic E-state index is 0.0564. The molecule has 25 heavy (non-hydrogen) atoms. The van der Waals surface area contributed by atoms with Crippen molar-refractivity contribution in [3.8, 4) is 0 Å². The number of hydrogen-bond acceptors (Lipinski definition) is 5. The number of anilines is 1. The standard InChI is InChI=1S/C17H14ClFN2O4/c1-25-17(22)13-7-16(21(23)24)15(8-14(13)18)20-5-4-10-6-12(19)3-2-11(10)9-20/h2-3,6-8H,4-5,9H2,1H3. The molecule has 0 N–H and O–H groups in total. The third kappa shape index (κ3) is 3.28. The number of ether oxygens (including phenoxy) is 1. The van der Waals surface area contributed by atoms with Crippen molar-refractivity contribution in [3.63, 3.8) is 0 Å². The summed E-state index contributed by atoms with van der Waals surface area (Å²) in [5, 5.41) is 11.5. The van der Waals surface area contributed by atoms with Crippen molar-refractivity contribution in [1.82, 2.24) is 0 Å². The molecular weight excluding hydrogens is 351 g/mol. The number of halogens is 2. The molecule has 3 rings (SSSR count). The van der Waals surface area contributed by atoms with Crippen molar-refractivity contribution >= 4 is 28.9 Å². The van der Waals surface area contributed by atoms with Crippen molar-refractivity contribution < 1.29 is 18.8 Å². The summed E-state index contributed by atoms with van der Waals surface area (Å²) in [6.45, 7) is 0.871. The first-order valence-corrected chi connectivity index (χ1v) is 7.87. The van der Waals surface area contributed by atoms with Gasteiger partial charge in [0.05, 0.1) is 22.6 Å². The van der Waals surface area contributed by atoms with Crippen LogP contribution in [0.3, 0.4) is 0 Å². The Morgan fingerprint density at radius 1 is 1.32 bits per heavy atom. The van der Waals surface area contributed by atoms with Crippen LogP contribution in [0.1, 0.15) is 21.5 Å². The number of nitro benzene ring substituents is 1. The lowest BCUT2D eigenvalue weighted by Crippen LogP contribution is -2.31. The van der Waals surface area contributed by atoms with Gasteiger partial charge >= 0.3 is 5.97 Å². The Kier molecular flexibility index (Phi) is 4.59. The molecule has 0 spiro atoms. The summed E-state index contributed by atoms with van der Waals surface area (Å²) in [7, 11) is 1.18. The zero-order chi connectivity index (χ0) is 18.1. The van der Waals surface area contributed by atoms with E-state index in [0.717, 1.165) is 17.2 Å². The Bertz CT molecular complexity index is 872. The summed E-state index contributed by atoms with van der Waals surface area (Å²) in [5.41, 5.74) is 1.82. The van der Waals surface area contributed by atoms with E-state index in [4.69, 9.17) is 11.6 Å². The van der Waals surface area contributed by atoms with Crippen LogP contribution in [0.2, 0.25) is 5.02 Å². The Labute approximate surface area is 147 Å². The molecule has 2 aromatic carbocycles. The van der Waals surface area contributed by atoms with Gasteiger partial charge in [-0.3, -0.25) is 10.1 Å². The Balaban J connectivity index is 2.02. The van der Waals surface area contributed by atoms with E-state index >= 15 is 0 Å². The van der Waals surface area contributed by atoms with Crippen molar-refractivity contribution in [2.45, 2.75) is 13.0 Å². The average Bonchev–Trinajstić information content (AvgIpc) is 2.60. The predicted molar refractivity (Wildman–Crippen MR) is 90.6 cm³/mol. The zero-order valence-electron chi connectivity index (χ0n) is 13.3. The number of methoxy groups -OCH3 is 1. The third-order valence-corrected chi connectivity index (χ3v) is 4.50. The SMILES string of the molecule is COC(=O)c1cc([N+](=O)[O-])c(N2CCc3cc(F)ccc3C2)cc1Cl. The quantitative estimate of drug-likeness (QED) is 0.471. The number of nitrogens with zero attached hydrogens (tertiary/aromatic N) is 2. The van der Waals surface area contributed by atoms with Crippen molar-refractivity contribution in [2.24, 2.45) is 0 Å². The third-order valence-electron chi connectivity index (χ3n) is 4.19. The highest BCUT2D eigenvalue weighted by Crippen LogP contribution is 2.36. The maximum Gasteiger partial charge on any atom is 0.339 e. The Morgan fingerprint density at radius 3 is 2.76 bits per heavy atom. The maximum absolute atomic E-state index is 13.3. The summed E-state index contributed by atoms with van der Waals surface area (Å²) < 4.78 is 17.9. The second kappa shape index (κ2) is 6.68. The molecule has 6 nitrogen and oxygen atoms in total. The number of rotatable bonds is 3. The smallest absolute Gasteiger partial charge is 0.339 e. The minimum atomic E-state index is -0.737. The number of nitro groups is 1. The summed E-state index contributed by atoms with van der Waals surface area (Å²) in [6, 6.07) is 7.05. The van der Waals surface area contributed by atoms with Crippen molar-refractivity contribution in [1.29, 1.82) is 0 Å². The van der Waals surface area contributed by atoms with Gasteiger partial charge in [-0.25, -0.2) is 9.18 Å². The molecule has 0 radical (unpaired) electrons. The highest BCUT2D eigenvalue weighted by atomic mass is 35.5. The van der Waals surface area contributed by atoms with Crippen molar-refractivity contribution in [2.75, 3.05) is 18.6 Å². The molecule has 8 heteroatoms. The highest BCUT2D eigenvalue weighted by Gasteiger charge is 2.27. The van der Waals surface area contributed by atoms with Crippen LogP contribution in [0.5, 0.6) is 0 Å². The fourth-order valence-electron chi connectivity index (χ4n) is 2.94. The number of hydrogen-bond donors (Lipinski definition) is 0. The number of esters is 1. The lowest BCUT2D eigenvalue weighted by atomic mass is 9.98. The van der Waals surface area contributed by atoms with Crippen LogP contribution in [0.15, 0.2) is 30.3 Å². The van der Waals surface area contributed by atoms with E-state index in [0.29, 0.717) is 25.2 Å². The molecule has 2 aromatic rings. The van der Waals surface area contributed by atoms with Crippen LogP contribution in [0.25, 0.3) is 0 Å². The molecule has 0 fully saturated rings. The Hall–Kier alpha value is -2.67. The predicted octanol–water partition coefficient (Wildman–Crippen LogP) is 3.74. The highest BCUT2D eigenvalue weighted by molar-refractivity contribution is 6.34. The van der Waals surface area contributed by atoms with Gasteiger partial charge in [-0.05, 0) is 35.7 Å². The summed E-state index contributed by atoms with van der Waals surface area (Å²) in [5.74, 6) is -1.04. The normalized spacial score (nSPS) is 13.3. The first-order valence-electron chi connectivity index (χ1n) is 7.49. The van der Waals surface area contributed by atoms with E-state index in [9.17, 15) is 19.3 Å². The monoisotopic (exact) mass is 364 g/mol. The van der Waals surface area contributed by atoms with Gasteiger partial charge in [-0.1, -0.05) is 17.7 Å². The van der Waals surface area contributed by atoms with E-state index in [1.807, 2.05) is 0 Å². The van der Waals surface area contributed by atoms with Crippen LogP contribution in [0.4, 0.5) is 15.8 Å². The largest absolute Gasteiger partial charge is 0.465 e. The Morgan fingerprint density at radius 2 is 2.08 bits per heavy atom. The average molecular weight is 365 g/mol. The molecular formula is C17H14ClFN2O4. The molecule has 1 aliphatic rings. The van der Waals surface area contributed by atoms with Gasteiger partial charge in [0.15, 0.2) is 0 Å². The lowest BCUT2D eigenvalue weighted by molar-refractivity contribution is -0.384. The zero-order valence-corrected chi connectivity index (χ0v) is 14.0. The van der Waals surface area contributed by atoms with Gasteiger partial charge < -0.3 is 9.64 Å². The fourth-order valence-corrected chi connectivity index (χ4v) is 3.18. The van der Waals surface area contributed by atoms with Crippen LogP contribution in [-0.4, -0.2) is 24.5 Å². The van der Waals surface area contributed by atoms with Gasteiger partial charge in [-0.15, -0.1) is 0 Å². The number of carbonyl (C=O) groups is 1. The maximum atomic E-state index is 13.3. The number of fused-ring (bicyclic) bond motifs is 1. The second-order valence-electron chi connectivity index (χ2n) is 5.65. The summed E-state index contributed by atoms with van der Waals surface area (Å²) >= 11 is 6.12. The van der Waals surface area contributed by atoms with Gasteiger partial charge in [0.2, 0.25) is 0 Å². The van der Waals surface area contributed by atoms with E-state index < -0.39 is 10.9 Å². The van der Waals surface area contributed by atoms with E-state index in [2.05, 4.69) is 4.74 Å². The molecule has 1 heterocycles.